The summed E-state index contributed by atoms with van der Waals surface area (Å²) in [6, 6.07) is 0. The third kappa shape index (κ3) is 2.23. The number of hydrogen-bond acceptors (Lipinski definition) is 2. The highest BCUT2D eigenvalue weighted by Crippen LogP contribution is 2.39. The van der Waals surface area contributed by atoms with Gasteiger partial charge < -0.3 is 9.67 Å². The summed E-state index contributed by atoms with van der Waals surface area (Å²) in [5.74, 6) is 1.70. The van der Waals surface area contributed by atoms with E-state index in [0.717, 1.165) is 31.6 Å². The van der Waals surface area contributed by atoms with Crippen molar-refractivity contribution in [3.8, 4) is 0 Å². The van der Waals surface area contributed by atoms with Crippen LogP contribution in [0.3, 0.4) is 0 Å². The number of imidazole rings is 1. The fourth-order valence-corrected chi connectivity index (χ4v) is 2.63. The van der Waals surface area contributed by atoms with Crippen LogP contribution < -0.4 is 0 Å². The van der Waals surface area contributed by atoms with Gasteiger partial charge in [0.15, 0.2) is 0 Å². The Morgan fingerprint density at radius 1 is 1.60 bits per heavy atom. The number of hydrogen-bond donors (Lipinski definition) is 1. The van der Waals surface area contributed by atoms with E-state index in [1.54, 1.807) is 0 Å². The van der Waals surface area contributed by atoms with Gasteiger partial charge in [-0.1, -0.05) is 13.8 Å². The SMILES string of the molecule is CCCn1ccnc1CC1(O)CC(C)C1. The lowest BCUT2D eigenvalue weighted by Gasteiger charge is -2.41. The first-order chi connectivity index (χ1) is 7.13. The lowest BCUT2D eigenvalue weighted by atomic mass is 9.70. The molecule has 1 N–H and O–H groups in total. The predicted molar refractivity (Wildman–Crippen MR) is 59.6 cm³/mol. The summed E-state index contributed by atoms with van der Waals surface area (Å²) in [5.41, 5.74) is -0.476. The van der Waals surface area contributed by atoms with Gasteiger partial charge in [-0.2, -0.15) is 0 Å². The molecule has 0 atom stereocenters. The number of aliphatic hydroxyl groups is 1. The quantitative estimate of drug-likeness (QED) is 0.821. The molecule has 1 saturated carbocycles. The summed E-state index contributed by atoms with van der Waals surface area (Å²) in [7, 11) is 0. The van der Waals surface area contributed by atoms with Gasteiger partial charge in [0.1, 0.15) is 5.82 Å². The number of aromatic nitrogens is 2. The zero-order valence-electron chi connectivity index (χ0n) is 9.61. The summed E-state index contributed by atoms with van der Waals surface area (Å²) >= 11 is 0. The standard InChI is InChI=1S/C12H20N2O/c1-3-5-14-6-4-13-11(14)9-12(15)7-10(2)8-12/h4,6,10,15H,3,5,7-9H2,1-2H3. The Balaban J connectivity index is 2.01. The van der Waals surface area contributed by atoms with Crippen LogP contribution in [0.4, 0.5) is 0 Å². The molecule has 1 aromatic heterocycles. The van der Waals surface area contributed by atoms with Gasteiger partial charge in [-0.15, -0.1) is 0 Å². The molecule has 0 saturated heterocycles. The maximum absolute atomic E-state index is 10.2. The molecule has 84 valence electrons. The largest absolute Gasteiger partial charge is 0.389 e. The van der Waals surface area contributed by atoms with Gasteiger partial charge in [0, 0.05) is 25.4 Å². The Labute approximate surface area is 91.1 Å². The molecular formula is C12H20N2O. The highest BCUT2D eigenvalue weighted by Gasteiger charge is 2.40. The second-order valence-electron chi connectivity index (χ2n) is 4.95. The first-order valence-corrected chi connectivity index (χ1v) is 5.85. The monoisotopic (exact) mass is 208 g/mol. The molecule has 0 unspecified atom stereocenters. The Bertz CT molecular complexity index is 326. The van der Waals surface area contributed by atoms with E-state index < -0.39 is 5.60 Å². The summed E-state index contributed by atoms with van der Waals surface area (Å²) < 4.78 is 2.15. The number of nitrogens with zero attached hydrogens (tertiary/aromatic N) is 2. The van der Waals surface area contributed by atoms with Crippen LogP contribution in [0.15, 0.2) is 12.4 Å². The Morgan fingerprint density at radius 2 is 2.33 bits per heavy atom. The van der Waals surface area contributed by atoms with Gasteiger partial charge in [-0.25, -0.2) is 4.98 Å². The lowest BCUT2D eigenvalue weighted by Crippen LogP contribution is -2.45. The molecule has 1 fully saturated rings. The van der Waals surface area contributed by atoms with Crippen LogP contribution in [0.1, 0.15) is 38.9 Å². The van der Waals surface area contributed by atoms with Crippen molar-refractivity contribution in [2.45, 2.75) is 51.7 Å². The third-order valence-electron chi connectivity index (χ3n) is 3.21. The molecule has 0 spiro atoms. The first kappa shape index (κ1) is 10.7. The van der Waals surface area contributed by atoms with Crippen molar-refractivity contribution >= 4 is 0 Å². The van der Waals surface area contributed by atoms with E-state index in [4.69, 9.17) is 0 Å². The van der Waals surface area contributed by atoms with Gasteiger partial charge in [0.05, 0.1) is 5.60 Å². The maximum Gasteiger partial charge on any atom is 0.111 e. The molecule has 1 aliphatic rings. The van der Waals surface area contributed by atoms with Crippen LogP contribution in [0, 0.1) is 5.92 Å². The summed E-state index contributed by atoms with van der Waals surface area (Å²) in [4.78, 5) is 4.33. The van der Waals surface area contributed by atoms with Gasteiger partial charge in [-0.05, 0) is 25.2 Å². The molecular weight excluding hydrogens is 188 g/mol. The van der Waals surface area contributed by atoms with Crippen LogP contribution in [0.25, 0.3) is 0 Å². The zero-order chi connectivity index (χ0) is 10.9. The van der Waals surface area contributed by atoms with E-state index in [0.29, 0.717) is 12.3 Å². The topological polar surface area (TPSA) is 38.0 Å². The first-order valence-electron chi connectivity index (χ1n) is 5.85. The molecule has 0 bridgehead atoms. The summed E-state index contributed by atoms with van der Waals surface area (Å²) in [5, 5.41) is 10.2. The van der Waals surface area contributed by atoms with Crippen LogP contribution in [-0.2, 0) is 13.0 Å². The Kier molecular flexibility index (Phi) is 2.83. The fourth-order valence-electron chi connectivity index (χ4n) is 2.63. The normalized spacial score (nSPS) is 30.2. The van der Waals surface area contributed by atoms with Gasteiger partial charge in [0.25, 0.3) is 0 Å². The van der Waals surface area contributed by atoms with Crippen LogP contribution in [-0.4, -0.2) is 20.3 Å². The third-order valence-corrected chi connectivity index (χ3v) is 3.21. The van der Waals surface area contributed by atoms with Gasteiger partial charge >= 0.3 is 0 Å². The highest BCUT2D eigenvalue weighted by atomic mass is 16.3. The number of aryl methyl sites for hydroxylation is 1. The Hall–Kier alpha value is -0.830. The number of rotatable bonds is 4. The van der Waals surface area contributed by atoms with E-state index in [2.05, 4.69) is 23.4 Å². The minimum atomic E-state index is -0.476. The zero-order valence-corrected chi connectivity index (χ0v) is 9.61. The predicted octanol–water partition coefficient (Wildman–Crippen LogP) is 2.00. The van der Waals surface area contributed by atoms with Crippen molar-refractivity contribution in [3.05, 3.63) is 18.2 Å². The van der Waals surface area contributed by atoms with Crippen LogP contribution in [0.5, 0.6) is 0 Å². The molecule has 15 heavy (non-hydrogen) atoms. The van der Waals surface area contributed by atoms with Crippen molar-refractivity contribution in [1.82, 2.24) is 9.55 Å². The second-order valence-corrected chi connectivity index (χ2v) is 4.95. The molecule has 3 heteroatoms. The van der Waals surface area contributed by atoms with E-state index in [9.17, 15) is 5.11 Å². The molecule has 0 aliphatic heterocycles. The molecule has 2 rings (SSSR count). The van der Waals surface area contributed by atoms with Crippen molar-refractivity contribution in [2.75, 3.05) is 0 Å². The van der Waals surface area contributed by atoms with E-state index >= 15 is 0 Å². The average Bonchev–Trinajstić information content (AvgIpc) is 2.51. The molecule has 1 aliphatic carbocycles. The van der Waals surface area contributed by atoms with E-state index in [1.807, 2.05) is 12.4 Å². The van der Waals surface area contributed by atoms with Crippen LogP contribution in [0.2, 0.25) is 0 Å². The van der Waals surface area contributed by atoms with Crippen LogP contribution >= 0.6 is 0 Å². The molecule has 1 aromatic rings. The molecule has 1 heterocycles. The summed E-state index contributed by atoms with van der Waals surface area (Å²) in [6.45, 7) is 5.35. The average molecular weight is 208 g/mol. The maximum atomic E-state index is 10.2. The smallest absolute Gasteiger partial charge is 0.111 e. The van der Waals surface area contributed by atoms with Gasteiger partial charge in [0.2, 0.25) is 0 Å². The Morgan fingerprint density at radius 3 is 2.93 bits per heavy atom. The van der Waals surface area contributed by atoms with Crippen molar-refractivity contribution < 1.29 is 5.11 Å². The van der Waals surface area contributed by atoms with E-state index in [-0.39, 0.29) is 0 Å². The highest BCUT2D eigenvalue weighted by molar-refractivity contribution is 5.03. The second kappa shape index (κ2) is 3.97. The summed E-state index contributed by atoms with van der Waals surface area (Å²) in [6.07, 6.45) is 7.50. The van der Waals surface area contributed by atoms with Gasteiger partial charge in [-0.3, -0.25) is 0 Å². The van der Waals surface area contributed by atoms with Crippen molar-refractivity contribution in [1.29, 1.82) is 0 Å². The fraction of sp³-hybridized carbons (Fsp3) is 0.750. The molecule has 0 radical (unpaired) electrons. The minimum Gasteiger partial charge on any atom is -0.389 e. The lowest BCUT2D eigenvalue weighted by molar-refractivity contribution is -0.0684. The molecule has 0 aromatic carbocycles. The van der Waals surface area contributed by atoms with Crippen molar-refractivity contribution in [2.24, 2.45) is 5.92 Å². The van der Waals surface area contributed by atoms with E-state index in [1.165, 1.54) is 0 Å². The molecule has 0 amide bonds. The minimum absolute atomic E-state index is 0.476. The molecule has 3 nitrogen and oxygen atoms in total. The van der Waals surface area contributed by atoms with Crippen molar-refractivity contribution in [3.63, 3.8) is 0 Å².